The van der Waals surface area contributed by atoms with Gasteiger partial charge in [0.1, 0.15) is 5.69 Å². The molecule has 2 fully saturated rings. The topological polar surface area (TPSA) is 70.6 Å². The Balaban J connectivity index is 1.56. The van der Waals surface area contributed by atoms with Crippen LogP contribution in [0.2, 0.25) is 0 Å². The van der Waals surface area contributed by atoms with E-state index >= 15 is 0 Å². The maximum Gasteiger partial charge on any atom is 0.272 e. The maximum absolute atomic E-state index is 12.5. The molecule has 1 aromatic rings. The van der Waals surface area contributed by atoms with Crippen molar-refractivity contribution in [3.05, 3.63) is 30.1 Å². The summed E-state index contributed by atoms with van der Waals surface area (Å²) in [6.07, 6.45) is 3.90. The molecule has 23 heavy (non-hydrogen) atoms. The summed E-state index contributed by atoms with van der Waals surface area (Å²) in [6.45, 7) is 3.62. The fourth-order valence-electron chi connectivity index (χ4n) is 3.06. The van der Waals surface area contributed by atoms with E-state index in [0.29, 0.717) is 37.8 Å². The van der Waals surface area contributed by atoms with Crippen LogP contribution in [0.25, 0.3) is 0 Å². The lowest BCUT2D eigenvalue weighted by molar-refractivity contribution is 0.0691. The predicted octanol–water partition coefficient (Wildman–Crippen LogP) is 1.22. The number of rotatable bonds is 5. The van der Waals surface area contributed by atoms with E-state index in [1.165, 1.54) is 4.31 Å². The minimum Gasteiger partial charge on any atom is -0.335 e. The summed E-state index contributed by atoms with van der Waals surface area (Å²) in [7, 11) is -3.22. The second-order valence-corrected chi connectivity index (χ2v) is 8.51. The Morgan fingerprint density at radius 2 is 1.96 bits per heavy atom. The number of piperazine rings is 1. The average Bonchev–Trinajstić information content (AvgIpc) is 3.40. The summed E-state index contributed by atoms with van der Waals surface area (Å²) >= 11 is 0. The first-order chi connectivity index (χ1) is 11.0. The van der Waals surface area contributed by atoms with Crippen molar-refractivity contribution in [2.45, 2.75) is 19.8 Å². The highest BCUT2D eigenvalue weighted by atomic mass is 32.2. The number of carbonyl (C=O) groups is 1. The average molecular weight is 337 g/mol. The third-order valence-corrected chi connectivity index (χ3v) is 6.80. The molecule has 2 aliphatic rings. The second kappa shape index (κ2) is 6.57. The van der Waals surface area contributed by atoms with Gasteiger partial charge < -0.3 is 4.90 Å². The van der Waals surface area contributed by atoms with Crippen molar-refractivity contribution in [3.63, 3.8) is 0 Å². The highest BCUT2D eigenvalue weighted by molar-refractivity contribution is 7.89. The van der Waals surface area contributed by atoms with Crippen molar-refractivity contribution >= 4 is 15.9 Å². The molecule has 6 nitrogen and oxygen atoms in total. The number of amides is 1. The number of sulfonamides is 1. The quantitative estimate of drug-likeness (QED) is 0.810. The van der Waals surface area contributed by atoms with Crippen LogP contribution < -0.4 is 0 Å². The van der Waals surface area contributed by atoms with Crippen LogP contribution >= 0.6 is 0 Å². The molecule has 0 radical (unpaired) electrons. The molecule has 1 aromatic heterocycles. The molecular weight excluding hydrogens is 314 g/mol. The lowest BCUT2D eigenvalue weighted by Gasteiger charge is -2.34. The first-order valence-corrected chi connectivity index (χ1v) is 9.76. The fraction of sp³-hybridized carbons (Fsp3) is 0.625. The monoisotopic (exact) mass is 337 g/mol. The van der Waals surface area contributed by atoms with Crippen LogP contribution in [0.15, 0.2) is 24.4 Å². The highest BCUT2D eigenvalue weighted by Gasteiger charge is 2.35. The zero-order chi connectivity index (χ0) is 16.4. The largest absolute Gasteiger partial charge is 0.335 e. The summed E-state index contributed by atoms with van der Waals surface area (Å²) in [6, 6.07) is 5.23. The summed E-state index contributed by atoms with van der Waals surface area (Å²) in [5.41, 5.74) is 0.408. The predicted molar refractivity (Wildman–Crippen MR) is 87.4 cm³/mol. The molecule has 126 valence electrons. The fourth-order valence-corrected chi connectivity index (χ4v) is 4.93. The standard InChI is InChI=1S/C16H23N3O3S/c1-13(14-5-6-14)12-23(21,22)19-10-8-18(9-11-19)16(20)15-4-2-3-7-17-15/h2-4,7,13-14H,5-6,8-12H2,1H3. The summed E-state index contributed by atoms with van der Waals surface area (Å²) < 4.78 is 26.5. The number of nitrogens with zero attached hydrogens (tertiary/aromatic N) is 3. The summed E-state index contributed by atoms with van der Waals surface area (Å²) in [4.78, 5) is 18.1. The number of hydrogen-bond donors (Lipinski definition) is 0. The first kappa shape index (κ1) is 16.4. The van der Waals surface area contributed by atoms with Crippen LogP contribution in [0.1, 0.15) is 30.3 Å². The van der Waals surface area contributed by atoms with E-state index in [1.807, 2.05) is 6.92 Å². The van der Waals surface area contributed by atoms with Gasteiger partial charge in [-0.1, -0.05) is 13.0 Å². The Morgan fingerprint density at radius 3 is 2.52 bits per heavy atom. The van der Waals surface area contributed by atoms with Gasteiger partial charge in [-0.25, -0.2) is 8.42 Å². The van der Waals surface area contributed by atoms with Crippen molar-refractivity contribution in [1.29, 1.82) is 0 Å². The molecule has 1 aliphatic heterocycles. The first-order valence-electron chi connectivity index (χ1n) is 8.15. The molecule has 7 heteroatoms. The Labute approximate surface area is 137 Å². The van der Waals surface area contributed by atoms with E-state index in [1.54, 1.807) is 29.3 Å². The third kappa shape index (κ3) is 3.90. The van der Waals surface area contributed by atoms with Gasteiger partial charge in [-0.05, 0) is 36.8 Å². The van der Waals surface area contributed by atoms with Crippen LogP contribution in [0.3, 0.4) is 0 Å². The Kier molecular flexibility index (Phi) is 4.68. The minimum absolute atomic E-state index is 0.131. The van der Waals surface area contributed by atoms with Crippen LogP contribution in [-0.4, -0.2) is 60.4 Å². The molecule has 1 saturated carbocycles. The van der Waals surface area contributed by atoms with Crippen LogP contribution in [-0.2, 0) is 10.0 Å². The van der Waals surface area contributed by atoms with Gasteiger partial charge >= 0.3 is 0 Å². The van der Waals surface area contributed by atoms with Gasteiger partial charge in [0.15, 0.2) is 0 Å². The Bertz CT molecular complexity index is 650. The number of pyridine rings is 1. The number of carbonyl (C=O) groups excluding carboxylic acids is 1. The zero-order valence-corrected chi connectivity index (χ0v) is 14.2. The molecule has 3 rings (SSSR count). The van der Waals surface area contributed by atoms with Crippen molar-refractivity contribution < 1.29 is 13.2 Å². The lowest BCUT2D eigenvalue weighted by Crippen LogP contribution is -2.51. The summed E-state index contributed by atoms with van der Waals surface area (Å²) in [5.74, 6) is 0.908. The van der Waals surface area contributed by atoms with Crippen LogP contribution in [0.5, 0.6) is 0 Å². The van der Waals surface area contributed by atoms with Crippen molar-refractivity contribution in [3.8, 4) is 0 Å². The van der Waals surface area contributed by atoms with Gasteiger partial charge in [0.2, 0.25) is 10.0 Å². The van der Waals surface area contributed by atoms with E-state index in [4.69, 9.17) is 0 Å². The van der Waals surface area contributed by atoms with Crippen LogP contribution in [0.4, 0.5) is 0 Å². The molecule has 1 aliphatic carbocycles. The zero-order valence-electron chi connectivity index (χ0n) is 13.4. The lowest BCUT2D eigenvalue weighted by atomic mass is 10.1. The number of hydrogen-bond acceptors (Lipinski definition) is 4. The third-order valence-electron chi connectivity index (χ3n) is 4.70. The van der Waals surface area contributed by atoms with Gasteiger partial charge in [-0.2, -0.15) is 4.31 Å². The molecule has 0 spiro atoms. The van der Waals surface area contributed by atoms with Crippen LogP contribution in [0, 0.1) is 11.8 Å². The van der Waals surface area contributed by atoms with E-state index in [0.717, 1.165) is 12.8 Å². The van der Waals surface area contributed by atoms with Crippen molar-refractivity contribution in [2.24, 2.45) is 11.8 Å². The normalized spacial score (nSPS) is 21.2. The van der Waals surface area contributed by atoms with E-state index in [2.05, 4.69) is 4.98 Å². The molecule has 2 heterocycles. The molecule has 1 amide bonds. The van der Waals surface area contributed by atoms with Gasteiger partial charge in [-0.3, -0.25) is 9.78 Å². The molecule has 0 bridgehead atoms. The Hall–Kier alpha value is -1.47. The van der Waals surface area contributed by atoms with Gasteiger partial charge in [0.25, 0.3) is 5.91 Å². The van der Waals surface area contributed by atoms with Crippen molar-refractivity contribution in [1.82, 2.24) is 14.2 Å². The van der Waals surface area contributed by atoms with E-state index < -0.39 is 10.0 Å². The molecular formula is C16H23N3O3S. The summed E-state index contributed by atoms with van der Waals surface area (Å²) in [5, 5.41) is 0. The van der Waals surface area contributed by atoms with Gasteiger partial charge in [0.05, 0.1) is 5.75 Å². The molecule has 1 saturated heterocycles. The highest BCUT2D eigenvalue weighted by Crippen LogP contribution is 2.37. The van der Waals surface area contributed by atoms with Gasteiger partial charge in [0, 0.05) is 32.4 Å². The SMILES string of the molecule is CC(CS(=O)(=O)N1CCN(C(=O)c2ccccn2)CC1)C1CC1. The minimum atomic E-state index is -3.22. The smallest absolute Gasteiger partial charge is 0.272 e. The molecule has 0 N–H and O–H groups in total. The Morgan fingerprint density at radius 1 is 1.26 bits per heavy atom. The second-order valence-electron chi connectivity index (χ2n) is 6.50. The molecule has 1 atom stereocenters. The maximum atomic E-state index is 12.5. The van der Waals surface area contributed by atoms with E-state index in [9.17, 15) is 13.2 Å². The number of aromatic nitrogens is 1. The molecule has 0 aromatic carbocycles. The van der Waals surface area contributed by atoms with Gasteiger partial charge in [-0.15, -0.1) is 0 Å². The van der Waals surface area contributed by atoms with E-state index in [-0.39, 0.29) is 17.6 Å². The van der Waals surface area contributed by atoms with Crippen molar-refractivity contribution in [2.75, 3.05) is 31.9 Å². The molecule has 1 unspecified atom stereocenters.